The van der Waals surface area contributed by atoms with E-state index in [0.29, 0.717) is 0 Å². The number of rotatable bonds is 5. The molecule has 0 unspecified atom stereocenters. The first-order chi connectivity index (χ1) is 7.78. The average Bonchev–Trinajstić information content (AvgIpc) is 2.88. The third-order valence-electron chi connectivity index (χ3n) is 2.46. The first kappa shape index (κ1) is 11.8. The summed E-state index contributed by atoms with van der Waals surface area (Å²) in [4.78, 5) is 5.72. The van der Waals surface area contributed by atoms with Gasteiger partial charge in [-0.3, -0.25) is 0 Å². The fourth-order valence-electron chi connectivity index (χ4n) is 1.60. The van der Waals surface area contributed by atoms with Crippen molar-refractivity contribution in [1.82, 2.24) is 5.32 Å². The van der Waals surface area contributed by atoms with Gasteiger partial charge in [-0.25, -0.2) is 0 Å². The third-order valence-corrected chi connectivity index (χ3v) is 4.69. The Bertz CT molecular complexity index is 442. The summed E-state index contributed by atoms with van der Waals surface area (Å²) in [7, 11) is 0. The second kappa shape index (κ2) is 5.62. The van der Waals surface area contributed by atoms with Gasteiger partial charge in [0.25, 0.3) is 0 Å². The Labute approximate surface area is 105 Å². The number of hydrogen-bond donors (Lipinski definition) is 1. The van der Waals surface area contributed by atoms with Crippen molar-refractivity contribution >= 4 is 22.7 Å². The molecule has 1 N–H and O–H groups in total. The lowest BCUT2D eigenvalue weighted by atomic mass is 10.3. The maximum atomic E-state index is 3.49. The van der Waals surface area contributed by atoms with Gasteiger partial charge in [-0.1, -0.05) is 6.92 Å². The topological polar surface area (TPSA) is 12.0 Å². The minimum Gasteiger partial charge on any atom is -0.307 e. The zero-order chi connectivity index (χ0) is 11.4. The monoisotopic (exact) mass is 251 g/mol. The average molecular weight is 251 g/mol. The Morgan fingerprint density at radius 3 is 2.12 bits per heavy atom. The van der Waals surface area contributed by atoms with Crippen molar-refractivity contribution in [2.45, 2.75) is 33.4 Å². The van der Waals surface area contributed by atoms with Crippen molar-refractivity contribution in [2.75, 3.05) is 0 Å². The van der Waals surface area contributed by atoms with Crippen LogP contribution in [0, 0.1) is 6.92 Å². The van der Waals surface area contributed by atoms with Crippen LogP contribution in [0.2, 0.25) is 0 Å². The molecule has 0 saturated carbocycles. The lowest BCUT2D eigenvalue weighted by Crippen LogP contribution is -2.10. The largest absolute Gasteiger partial charge is 0.307 e. The summed E-state index contributed by atoms with van der Waals surface area (Å²) in [6, 6.07) is 8.86. The van der Waals surface area contributed by atoms with Crippen LogP contribution < -0.4 is 5.32 Å². The van der Waals surface area contributed by atoms with Crippen molar-refractivity contribution in [3.8, 4) is 0 Å². The molecule has 0 radical (unpaired) electrons. The zero-order valence-corrected chi connectivity index (χ0v) is 11.4. The number of hydrogen-bond acceptors (Lipinski definition) is 3. The maximum Gasteiger partial charge on any atom is 0.0303 e. The molecular formula is C13H17NS2. The Hall–Kier alpha value is -0.640. The van der Waals surface area contributed by atoms with Crippen LogP contribution in [0.25, 0.3) is 0 Å². The predicted octanol–water partition coefficient (Wildman–Crippen LogP) is 3.97. The van der Waals surface area contributed by atoms with Crippen LogP contribution in [0.15, 0.2) is 24.3 Å². The quantitative estimate of drug-likeness (QED) is 0.848. The van der Waals surface area contributed by atoms with Gasteiger partial charge >= 0.3 is 0 Å². The second-order valence-corrected chi connectivity index (χ2v) is 6.46. The second-order valence-electron chi connectivity index (χ2n) is 3.84. The molecule has 16 heavy (non-hydrogen) atoms. The van der Waals surface area contributed by atoms with Crippen LogP contribution >= 0.6 is 22.7 Å². The normalized spacial score (nSPS) is 10.9. The van der Waals surface area contributed by atoms with E-state index in [2.05, 4.69) is 43.4 Å². The molecular weight excluding hydrogens is 234 g/mol. The standard InChI is InChI=1S/C13H17NS2/c1-3-11-6-7-13(16-11)9-14-8-12-5-4-10(2)15-12/h4-7,14H,3,8-9H2,1-2H3. The van der Waals surface area contributed by atoms with Crippen molar-refractivity contribution in [2.24, 2.45) is 0 Å². The Morgan fingerprint density at radius 2 is 1.56 bits per heavy atom. The highest BCUT2D eigenvalue weighted by Gasteiger charge is 1.99. The highest BCUT2D eigenvalue weighted by atomic mass is 32.1. The van der Waals surface area contributed by atoms with E-state index in [1.807, 2.05) is 22.7 Å². The van der Waals surface area contributed by atoms with Gasteiger partial charge in [0.2, 0.25) is 0 Å². The lowest BCUT2D eigenvalue weighted by molar-refractivity contribution is 0.709. The molecule has 2 heterocycles. The maximum absolute atomic E-state index is 3.49. The van der Waals surface area contributed by atoms with Gasteiger partial charge in [0.15, 0.2) is 0 Å². The van der Waals surface area contributed by atoms with Crippen LogP contribution in [-0.2, 0) is 19.5 Å². The Kier molecular flexibility index (Phi) is 4.16. The van der Waals surface area contributed by atoms with Gasteiger partial charge in [-0.05, 0) is 37.6 Å². The summed E-state index contributed by atoms with van der Waals surface area (Å²) in [5, 5.41) is 3.49. The molecule has 0 spiro atoms. The fraction of sp³-hybridized carbons (Fsp3) is 0.385. The SMILES string of the molecule is CCc1ccc(CNCc2ccc(C)s2)s1. The summed E-state index contributed by atoms with van der Waals surface area (Å²) in [5.41, 5.74) is 0. The summed E-state index contributed by atoms with van der Waals surface area (Å²) >= 11 is 3.79. The van der Waals surface area contributed by atoms with Gasteiger partial charge in [0, 0.05) is 32.6 Å². The van der Waals surface area contributed by atoms with Crippen LogP contribution in [0.1, 0.15) is 26.4 Å². The molecule has 3 heteroatoms. The molecule has 2 aromatic rings. The van der Waals surface area contributed by atoms with Crippen LogP contribution in [0.3, 0.4) is 0 Å². The lowest BCUT2D eigenvalue weighted by Gasteiger charge is -2.00. The molecule has 0 amide bonds. The van der Waals surface area contributed by atoms with Crippen molar-refractivity contribution < 1.29 is 0 Å². The van der Waals surface area contributed by atoms with Crippen LogP contribution in [0.5, 0.6) is 0 Å². The molecule has 86 valence electrons. The third kappa shape index (κ3) is 3.17. The molecule has 0 bridgehead atoms. The smallest absolute Gasteiger partial charge is 0.0303 e. The van der Waals surface area contributed by atoms with Gasteiger partial charge in [0.1, 0.15) is 0 Å². The van der Waals surface area contributed by atoms with Crippen molar-refractivity contribution in [3.63, 3.8) is 0 Å². The van der Waals surface area contributed by atoms with Crippen molar-refractivity contribution in [1.29, 1.82) is 0 Å². The Balaban J connectivity index is 1.79. The van der Waals surface area contributed by atoms with Gasteiger partial charge < -0.3 is 5.32 Å². The van der Waals surface area contributed by atoms with Crippen molar-refractivity contribution in [3.05, 3.63) is 43.8 Å². The number of aryl methyl sites for hydroxylation is 2. The van der Waals surface area contributed by atoms with Gasteiger partial charge in [-0.2, -0.15) is 0 Å². The van der Waals surface area contributed by atoms with E-state index in [9.17, 15) is 0 Å². The van der Waals surface area contributed by atoms with E-state index in [4.69, 9.17) is 0 Å². The molecule has 0 saturated heterocycles. The molecule has 0 aliphatic rings. The minimum absolute atomic E-state index is 0.984. The van der Waals surface area contributed by atoms with E-state index in [0.717, 1.165) is 19.5 Å². The summed E-state index contributed by atoms with van der Waals surface area (Å²) in [6.07, 6.45) is 1.15. The Morgan fingerprint density at radius 1 is 0.938 bits per heavy atom. The first-order valence-electron chi connectivity index (χ1n) is 5.61. The highest BCUT2D eigenvalue weighted by molar-refractivity contribution is 7.12. The van der Waals surface area contributed by atoms with Crippen LogP contribution in [-0.4, -0.2) is 0 Å². The fourth-order valence-corrected chi connectivity index (χ4v) is 3.38. The van der Waals surface area contributed by atoms with E-state index in [1.165, 1.54) is 19.5 Å². The summed E-state index contributed by atoms with van der Waals surface area (Å²) < 4.78 is 0. The van der Waals surface area contributed by atoms with E-state index >= 15 is 0 Å². The van der Waals surface area contributed by atoms with Gasteiger partial charge in [0.05, 0.1) is 0 Å². The van der Waals surface area contributed by atoms with Gasteiger partial charge in [-0.15, -0.1) is 22.7 Å². The van der Waals surface area contributed by atoms with E-state index in [1.54, 1.807) is 0 Å². The zero-order valence-electron chi connectivity index (χ0n) is 9.75. The molecule has 2 aromatic heterocycles. The molecule has 1 nitrogen and oxygen atoms in total. The molecule has 2 rings (SSSR count). The molecule has 0 aliphatic carbocycles. The first-order valence-corrected chi connectivity index (χ1v) is 7.25. The molecule has 0 aliphatic heterocycles. The molecule has 0 atom stereocenters. The highest BCUT2D eigenvalue weighted by Crippen LogP contribution is 2.18. The molecule has 0 aromatic carbocycles. The number of nitrogens with one attached hydrogen (secondary N) is 1. The number of thiophene rings is 2. The summed E-state index contributed by atoms with van der Waals surface area (Å²) in [6.45, 7) is 6.33. The summed E-state index contributed by atoms with van der Waals surface area (Å²) in [5.74, 6) is 0. The molecule has 0 fully saturated rings. The van der Waals surface area contributed by atoms with E-state index in [-0.39, 0.29) is 0 Å². The van der Waals surface area contributed by atoms with E-state index < -0.39 is 0 Å². The predicted molar refractivity (Wildman–Crippen MR) is 73.3 cm³/mol. The van der Waals surface area contributed by atoms with Crippen LogP contribution in [0.4, 0.5) is 0 Å². The minimum atomic E-state index is 0.984.